The molecular formula is C30H50Cl2N2. The second-order valence-corrected chi connectivity index (χ2v) is 11.2. The molecule has 4 heteroatoms. The van der Waals surface area contributed by atoms with Gasteiger partial charge in [-0.2, -0.15) is 0 Å². The first-order chi connectivity index (χ1) is 15.2. The van der Waals surface area contributed by atoms with Crippen LogP contribution in [-0.4, -0.2) is 50.2 Å². The van der Waals surface area contributed by atoms with E-state index in [0.717, 1.165) is 22.1 Å². The molecule has 0 saturated carbocycles. The fourth-order valence-electron chi connectivity index (χ4n) is 4.69. The van der Waals surface area contributed by atoms with Gasteiger partial charge in [0.25, 0.3) is 0 Å². The third-order valence-electron chi connectivity index (χ3n) is 6.70. The van der Waals surface area contributed by atoms with Crippen molar-refractivity contribution in [3.63, 3.8) is 0 Å². The number of benzene rings is 2. The van der Waals surface area contributed by atoms with Crippen LogP contribution < -0.4 is 24.8 Å². The summed E-state index contributed by atoms with van der Waals surface area (Å²) in [6.07, 6.45) is 10.7. The molecule has 0 saturated heterocycles. The first kappa shape index (κ1) is 32.9. The molecule has 0 bridgehead atoms. The van der Waals surface area contributed by atoms with Crippen molar-refractivity contribution in [3.8, 4) is 11.1 Å². The summed E-state index contributed by atoms with van der Waals surface area (Å²) in [5.74, 6) is 0. The van der Waals surface area contributed by atoms with Gasteiger partial charge in [0.1, 0.15) is 13.1 Å². The van der Waals surface area contributed by atoms with Crippen molar-refractivity contribution in [3.05, 3.63) is 59.7 Å². The minimum atomic E-state index is 0. The zero-order valence-electron chi connectivity index (χ0n) is 22.8. The van der Waals surface area contributed by atoms with Crippen LogP contribution in [0.5, 0.6) is 0 Å². The van der Waals surface area contributed by atoms with Gasteiger partial charge in [-0.05, 0) is 36.8 Å². The van der Waals surface area contributed by atoms with E-state index in [9.17, 15) is 0 Å². The molecule has 0 aliphatic carbocycles. The highest BCUT2D eigenvalue weighted by Gasteiger charge is 2.16. The number of hydrogen-bond donors (Lipinski definition) is 0. The molecule has 2 rings (SSSR count). The second kappa shape index (κ2) is 16.6. The van der Waals surface area contributed by atoms with Crippen molar-refractivity contribution in [1.82, 2.24) is 0 Å². The number of quaternary nitrogens is 2. The first-order valence-electron chi connectivity index (χ1n) is 13.1. The van der Waals surface area contributed by atoms with Crippen LogP contribution in [0.25, 0.3) is 11.1 Å². The Labute approximate surface area is 223 Å². The van der Waals surface area contributed by atoms with Gasteiger partial charge in [-0.3, -0.25) is 0 Å². The molecule has 0 N–H and O–H groups in total. The molecule has 0 amide bonds. The zero-order valence-corrected chi connectivity index (χ0v) is 24.3. The maximum atomic E-state index is 2.36. The van der Waals surface area contributed by atoms with Gasteiger partial charge in [0.2, 0.25) is 0 Å². The average molecular weight is 510 g/mol. The minimum absolute atomic E-state index is 0. The van der Waals surface area contributed by atoms with E-state index in [4.69, 9.17) is 0 Å². The Morgan fingerprint density at radius 3 is 1.09 bits per heavy atom. The van der Waals surface area contributed by atoms with E-state index in [2.05, 4.69) is 90.6 Å². The molecule has 0 spiro atoms. The number of rotatable bonds is 15. The molecular weight excluding hydrogens is 459 g/mol. The van der Waals surface area contributed by atoms with Gasteiger partial charge in [0.15, 0.2) is 0 Å². The zero-order chi connectivity index (χ0) is 23.5. The van der Waals surface area contributed by atoms with Crippen LogP contribution >= 0.6 is 0 Å². The molecule has 0 unspecified atom stereocenters. The Morgan fingerprint density at radius 2 is 0.794 bits per heavy atom. The normalized spacial score (nSPS) is 11.6. The second-order valence-electron chi connectivity index (χ2n) is 11.2. The molecule has 2 aromatic carbocycles. The summed E-state index contributed by atoms with van der Waals surface area (Å²) in [5.41, 5.74) is 5.52. The summed E-state index contributed by atoms with van der Waals surface area (Å²) in [5, 5.41) is 0. The van der Waals surface area contributed by atoms with Gasteiger partial charge < -0.3 is 33.8 Å². The molecule has 0 atom stereocenters. The highest BCUT2D eigenvalue weighted by molar-refractivity contribution is 5.63. The van der Waals surface area contributed by atoms with Crippen LogP contribution in [0.3, 0.4) is 0 Å². The van der Waals surface area contributed by atoms with Gasteiger partial charge in [-0.25, -0.2) is 0 Å². The Balaban J connectivity index is 0.00000544. The summed E-state index contributed by atoms with van der Waals surface area (Å²) in [4.78, 5) is 0. The van der Waals surface area contributed by atoms with E-state index in [-0.39, 0.29) is 24.8 Å². The fourth-order valence-corrected chi connectivity index (χ4v) is 4.69. The number of nitrogens with zero attached hydrogens (tertiary/aromatic N) is 2. The Hall–Kier alpha value is -1.06. The average Bonchev–Trinajstić information content (AvgIpc) is 2.75. The van der Waals surface area contributed by atoms with Crippen molar-refractivity contribution in [2.45, 2.75) is 78.3 Å². The Kier molecular flexibility index (Phi) is 16.1. The number of hydrogen-bond acceptors (Lipinski definition) is 0. The molecule has 34 heavy (non-hydrogen) atoms. The van der Waals surface area contributed by atoms with Gasteiger partial charge >= 0.3 is 0 Å². The highest BCUT2D eigenvalue weighted by Crippen LogP contribution is 2.23. The van der Waals surface area contributed by atoms with E-state index in [1.165, 1.54) is 86.7 Å². The molecule has 0 heterocycles. The first-order valence-corrected chi connectivity index (χ1v) is 13.1. The maximum absolute atomic E-state index is 2.36. The summed E-state index contributed by atoms with van der Waals surface area (Å²) in [6, 6.07) is 18.5. The van der Waals surface area contributed by atoms with Gasteiger partial charge in [-0.15, -0.1) is 0 Å². The fraction of sp³-hybridized carbons (Fsp3) is 0.600. The summed E-state index contributed by atoms with van der Waals surface area (Å²) < 4.78 is 2.15. The summed E-state index contributed by atoms with van der Waals surface area (Å²) in [6.45, 7) is 9.30. The van der Waals surface area contributed by atoms with Crippen molar-refractivity contribution >= 4 is 0 Å². The van der Waals surface area contributed by atoms with E-state index in [1.54, 1.807) is 0 Å². The summed E-state index contributed by atoms with van der Waals surface area (Å²) >= 11 is 0. The van der Waals surface area contributed by atoms with Crippen molar-refractivity contribution in [2.75, 3.05) is 41.3 Å². The molecule has 194 valence electrons. The van der Waals surface area contributed by atoms with Gasteiger partial charge in [0, 0.05) is 11.1 Å². The third kappa shape index (κ3) is 12.6. The summed E-state index contributed by atoms with van der Waals surface area (Å²) in [7, 11) is 9.45. The lowest BCUT2D eigenvalue weighted by molar-refractivity contribution is -0.903. The Morgan fingerprint density at radius 1 is 0.471 bits per heavy atom. The predicted molar refractivity (Wildman–Crippen MR) is 142 cm³/mol. The maximum Gasteiger partial charge on any atom is 0.104 e. The van der Waals surface area contributed by atoms with Gasteiger partial charge in [0.05, 0.1) is 41.3 Å². The molecule has 0 aliphatic heterocycles. The van der Waals surface area contributed by atoms with E-state index in [1.807, 2.05) is 0 Å². The van der Waals surface area contributed by atoms with Crippen molar-refractivity contribution < 1.29 is 33.8 Å². The molecule has 2 nitrogen and oxygen atoms in total. The lowest BCUT2D eigenvalue weighted by Crippen LogP contribution is -3.00. The van der Waals surface area contributed by atoms with Crippen LogP contribution in [0.4, 0.5) is 0 Å². The van der Waals surface area contributed by atoms with Crippen LogP contribution in [0.2, 0.25) is 0 Å². The van der Waals surface area contributed by atoms with E-state index >= 15 is 0 Å². The predicted octanol–water partition coefficient (Wildman–Crippen LogP) is 1.68. The lowest BCUT2D eigenvalue weighted by atomic mass is 10.0. The van der Waals surface area contributed by atoms with Gasteiger partial charge in [-0.1, -0.05) is 88.1 Å². The van der Waals surface area contributed by atoms with Crippen LogP contribution in [0, 0.1) is 0 Å². The van der Waals surface area contributed by atoms with Crippen molar-refractivity contribution in [1.29, 1.82) is 0 Å². The number of halogens is 2. The smallest absolute Gasteiger partial charge is 0.104 e. The van der Waals surface area contributed by atoms with E-state index < -0.39 is 0 Å². The molecule has 0 radical (unpaired) electrons. The molecule has 0 fully saturated rings. The Bertz CT molecular complexity index is 700. The lowest BCUT2D eigenvalue weighted by Gasteiger charge is -2.30. The van der Waals surface area contributed by atoms with Crippen LogP contribution in [0.1, 0.15) is 76.3 Å². The number of unbranched alkanes of at least 4 members (excludes halogenated alkanes) is 6. The van der Waals surface area contributed by atoms with Crippen molar-refractivity contribution in [2.24, 2.45) is 0 Å². The van der Waals surface area contributed by atoms with Crippen LogP contribution in [-0.2, 0) is 13.1 Å². The third-order valence-corrected chi connectivity index (χ3v) is 6.70. The topological polar surface area (TPSA) is 0 Å². The van der Waals surface area contributed by atoms with E-state index in [0.29, 0.717) is 0 Å². The highest BCUT2D eigenvalue weighted by atomic mass is 35.5. The molecule has 0 aromatic heterocycles. The van der Waals surface area contributed by atoms with Crippen LogP contribution in [0.15, 0.2) is 48.5 Å². The standard InChI is InChI=1S/C30H50N2.2ClH/c1-7-9-11-13-23-31(3,4)25-27-15-19-29(20-16-27)30-21-17-28(18-22-30)26-32(5,6)24-14-12-10-8-2;;/h15-22H,7-14,23-26H2,1-6H3;2*1H/q+2;;/p-2. The monoisotopic (exact) mass is 508 g/mol. The largest absolute Gasteiger partial charge is 1.00 e. The molecule has 2 aromatic rings. The minimum Gasteiger partial charge on any atom is -1.00 e. The SMILES string of the molecule is CCCCCC[N+](C)(C)Cc1ccc(-c2ccc(C[N+](C)(C)CCCCCC)cc2)cc1.[Cl-].[Cl-]. The molecule has 0 aliphatic rings. The quantitative estimate of drug-likeness (QED) is 0.253.